The highest BCUT2D eigenvalue weighted by atomic mass is 15.2. The molecule has 5 heteroatoms. The maximum atomic E-state index is 5.35. The standard InChI is InChI=1S/C63H39N5/c1-3-15-40(16-4-1)42-27-31-44(32-28-42)61-64-62(45-33-29-43(30-34-45)41-17-5-2-6-18-41)66-63(65-61)68-56-26-14-12-24-53(56)60-58(68)38-37-57-59(60)52-23-11-13-25-55(52)67(57)46-35-36-51-49-21-8-7-19-47(49)48-20-9-10-22-50(48)54(51)39-46/h1-39H. The maximum absolute atomic E-state index is 5.35. The molecular weight excluding hydrogens is 827 g/mol. The molecule has 14 aromatic rings. The number of para-hydroxylation sites is 2. The molecule has 3 aromatic heterocycles. The fraction of sp³-hybridized carbons (Fsp3) is 0. The van der Waals surface area contributed by atoms with Gasteiger partial charge in [0.1, 0.15) is 0 Å². The topological polar surface area (TPSA) is 48.5 Å². The minimum Gasteiger partial charge on any atom is -0.309 e. The fourth-order valence-corrected chi connectivity index (χ4v) is 10.7. The van der Waals surface area contributed by atoms with Crippen molar-refractivity contribution in [2.24, 2.45) is 0 Å². The Bertz CT molecular complexity index is 4150. The third-order valence-electron chi connectivity index (χ3n) is 13.8. The molecule has 14 rings (SSSR count). The Morgan fingerprint density at radius 3 is 1.10 bits per heavy atom. The van der Waals surface area contributed by atoms with Crippen LogP contribution < -0.4 is 0 Å². The van der Waals surface area contributed by atoms with E-state index >= 15 is 0 Å². The third kappa shape index (κ3) is 5.93. The molecule has 11 aromatic carbocycles. The molecule has 0 radical (unpaired) electrons. The van der Waals surface area contributed by atoms with Gasteiger partial charge in [-0.3, -0.25) is 4.57 Å². The summed E-state index contributed by atoms with van der Waals surface area (Å²) in [5.41, 5.74) is 11.9. The number of aromatic nitrogens is 5. The summed E-state index contributed by atoms with van der Waals surface area (Å²) in [5, 5.41) is 12.2. The summed E-state index contributed by atoms with van der Waals surface area (Å²) in [6.07, 6.45) is 0. The van der Waals surface area contributed by atoms with Crippen LogP contribution in [0.25, 0.3) is 133 Å². The van der Waals surface area contributed by atoms with E-state index in [-0.39, 0.29) is 0 Å². The number of hydrogen-bond donors (Lipinski definition) is 0. The molecule has 0 spiro atoms. The van der Waals surface area contributed by atoms with E-state index in [4.69, 9.17) is 15.0 Å². The Morgan fingerprint density at radius 2 is 0.603 bits per heavy atom. The highest BCUT2D eigenvalue weighted by Crippen LogP contribution is 2.44. The number of hydrogen-bond acceptors (Lipinski definition) is 3. The van der Waals surface area contributed by atoms with Crippen molar-refractivity contribution in [3.05, 3.63) is 237 Å². The van der Waals surface area contributed by atoms with Crippen LogP contribution >= 0.6 is 0 Å². The Balaban J connectivity index is 0.998. The van der Waals surface area contributed by atoms with Crippen LogP contribution in [0, 0.1) is 0 Å². The first-order valence-corrected chi connectivity index (χ1v) is 23.1. The van der Waals surface area contributed by atoms with Crippen molar-refractivity contribution in [1.82, 2.24) is 24.1 Å². The van der Waals surface area contributed by atoms with Crippen LogP contribution in [0.2, 0.25) is 0 Å². The molecule has 0 aliphatic heterocycles. The lowest BCUT2D eigenvalue weighted by atomic mass is 9.94. The summed E-state index contributed by atoms with van der Waals surface area (Å²) in [6.45, 7) is 0. The number of benzene rings is 11. The zero-order valence-electron chi connectivity index (χ0n) is 36.8. The lowest BCUT2D eigenvalue weighted by Gasteiger charge is -2.14. The third-order valence-corrected chi connectivity index (χ3v) is 13.8. The van der Waals surface area contributed by atoms with Crippen LogP contribution in [-0.4, -0.2) is 24.1 Å². The average molecular weight is 866 g/mol. The molecule has 0 N–H and O–H groups in total. The van der Waals surface area contributed by atoms with Gasteiger partial charge in [-0.1, -0.05) is 200 Å². The Kier molecular flexibility index (Phi) is 8.52. The monoisotopic (exact) mass is 865 g/mol. The molecule has 5 nitrogen and oxygen atoms in total. The van der Waals surface area contributed by atoms with Crippen molar-refractivity contribution in [2.45, 2.75) is 0 Å². The minimum absolute atomic E-state index is 0.562. The van der Waals surface area contributed by atoms with Gasteiger partial charge in [0.25, 0.3) is 0 Å². The van der Waals surface area contributed by atoms with Crippen molar-refractivity contribution in [2.75, 3.05) is 0 Å². The average Bonchev–Trinajstić information content (AvgIpc) is 3.94. The lowest BCUT2D eigenvalue weighted by Crippen LogP contribution is -2.06. The minimum atomic E-state index is 0.562. The summed E-state index contributed by atoms with van der Waals surface area (Å²) in [6, 6.07) is 84.5. The molecule has 0 bridgehead atoms. The van der Waals surface area contributed by atoms with E-state index in [1.165, 1.54) is 43.1 Å². The molecule has 0 atom stereocenters. The van der Waals surface area contributed by atoms with Gasteiger partial charge in [0, 0.05) is 38.4 Å². The molecule has 316 valence electrons. The van der Waals surface area contributed by atoms with Crippen molar-refractivity contribution in [3.8, 4) is 56.7 Å². The molecule has 0 aliphatic rings. The second-order valence-corrected chi connectivity index (χ2v) is 17.5. The van der Waals surface area contributed by atoms with Gasteiger partial charge in [-0.05, 0) is 91.0 Å². The molecule has 0 saturated heterocycles. The van der Waals surface area contributed by atoms with E-state index in [0.29, 0.717) is 17.6 Å². The van der Waals surface area contributed by atoms with Crippen LogP contribution in [0.5, 0.6) is 0 Å². The molecule has 0 aliphatic carbocycles. The van der Waals surface area contributed by atoms with E-state index in [9.17, 15) is 0 Å². The van der Waals surface area contributed by atoms with E-state index in [0.717, 1.165) is 71.9 Å². The molecule has 0 fully saturated rings. The predicted molar refractivity (Wildman–Crippen MR) is 283 cm³/mol. The van der Waals surface area contributed by atoms with Gasteiger partial charge in [0.05, 0.1) is 22.1 Å². The van der Waals surface area contributed by atoms with Crippen LogP contribution in [0.4, 0.5) is 0 Å². The zero-order valence-corrected chi connectivity index (χ0v) is 36.8. The number of fused-ring (bicyclic) bond motifs is 13. The first kappa shape index (κ1) is 38.1. The highest BCUT2D eigenvalue weighted by Gasteiger charge is 2.23. The van der Waals surface area contributed by atoms with E-state index in [2.05, 4.69) is 234 Å². The van der Waals surface area contributed by atoms with Crippen LogP contribution in [0.1, 0.15) is 0 Å². The van der Waals surface area contributed by atoms with Crippen LogP contribution in [0.3, 0.4) is 0 Å². The second kappa shape index (κ2) is 15.2. The molecule has 0 unspecified atom stereocenters. The van der Waals surface area contributed by atoms with Gasteiger partial charge in [0.2, 0.25) is 5.95 Å². The summed E-state index contributed by atoms with van der Waals surface area (Å²) in [4.78, 5) is 15.9. The van der Waals surface area contributed by atoms with Gasteiger partial charge >= 0.3 is 0 Å². The predicted octanol–water partition coefficient (Wildman–Crippen LogP) is 16.2. The fourth-order valence-electron chi connectivity index (χ4n) is 10.7. The van der Waals surface area contributed by atoms with Crippen molar-refractivity contribution in [3.63, 3.8) is 0 Å². The molecule has 0 amide bonds. The van der Waals surface area contributed by atoms with Gasteiger partial charge in [-0.15, -0.1) is 0 Å². The molecule has 3 heterocycles. The lowest BCUT2D eigenvalue weighted by molar-refractivity contribution is 0.953. The van der Waals surface area contributed by atoms with Crippen molar-refractivity contribution < 1.29 is 0 Å². The first-order valence-electron chi connectivity index (χ1n) is 23.1. The van der Waals surface area contributed by atoms with Crippen LogP contribution in [0.15, 0.2) is 237 Å². The van der Waals surface area contributed by atoms with Crippen LogP contribution in [-0.2, 0) is 0 Å². The first-order chi connectivity index (χ1) is 33.7. The van der Waals surface area contributed by atoms with E-state index in [1.807, 2.05) is 12.1 Å². The van der Waals surface area contributed by atoms with Gasteiger partial charge < -0.3 is 4.57 Å². The highest BCUT2D eigenvalue weighted by molar-refractivity contribution is 6.29. The quantitative estimate of drug-likeness (QED) is 0.156. The summed E-state index contributed by atoms with van der Waals surface area (Å²) in [7, 11) is 0. The summed E-state index contributed by atoms with van der Waals surface area (Å²) in [5.74, 6) is 1.78. The van der Waals surface area contributed by atoms with Gasteiger partial charge in [0.15, 0.2) is 11.6 Å². The second-order valence-electron chi connectivity index (χ2n) is 17.5. The van der Waals surface area contributed by atoms with Gasteiger partial charge in [-0.25, -0.2) is 4.98 Å². The molecular formula is C63H39N5. The number of rotatable bonds is 6. The normalized spacial score (nSPS) is 11.8. The largest absolute Gasteiger partial charge is 0.309 e. The Morgan fingerprint density at radius 1 is 0.235 bits per heavy atom. The van der Waals surface area contributed by atoms with Crippen molar-refractivity contribution >= 4 is 75.9 Å². The Hall–Kier alpha value is -9.19. The van der Waals surface area contributed by atoms with Crippen molar-refractivity contribution in [1.29, 1.82) is 0 Å². The number of nitrogens with zero attached hydrogens (tertiary/aromatic N) is 5. The SMILES string of the molecule is c1ccc(-c2ccc(-c3nc(-c4ccc(-c5ccccc5)cc4)nc(-n4c5ccccc5c5c6c7ccccc7n(-c7ccc8c9ccccc9c9ccccc9c8c7)c6ccc54)n3)cc2)cc1. The molecule has 0 saturated carbocycles. The maximum Gasteiger partial charge on any atom is 0.238 e. The molecule has 68 heavy (non-hydrogen) atoms. The zero-order chi connectivity index (χ0) is 44.7. The van der Waals surface area contributed by atoms with Gasteiger partial charge in [-0.2, -0.15) is 9.97 Å². The van der Waals surface area contributed by atoms with E-state index < -0.39 is 0 Å². The van der Waals surface area contributed by atoms with E-state index in [1.54, 1.807) is 0 Å². The summed E-state index contributed by atoms with van der Waals surface area (Å²) >= 11 is 0. The Labute approximate surface area is 391 Å². The summed E-state index contributed by atoms with van der Waals surface area (Å²) < 4.78 is 4.67. The smallest absolute Gasteiger partial charge is 0.238 e.